The molecule has 2 N–H and O–H groups in total. The molecule has 3 nitrogen and oxygen atoms in total. The monoisotopic (exact) mass is 284 g/mol. The summed E-state index contributed by atoms with van der Waals surface area (Å²) in [4.78, 5) is 2.10. The van der Waals surface area contributed by atoms with Crippen molar-refractivity contribution in [3.05, 3.63) is 65.2 Å². The fraction of sp³-hybridized carbons (Fsp3) is 0.333. The average Bonchev–Trinajstić information content (AvgIpc) is 2.47. The number of ether oxygens (including phenoxy) is 1. The lowest BCUT2D eigenvalue weighted by Gasteiger charge is -2.15. The molecule has 0 saturated carbocycles. The Kier molecular flexibility index (Phi) is 5.37. The number of nitrogens with two attached hydrogens (primary N) is 1. The van der Waals surface area contributed by atoms with Crippen LogP contribution >= 0.6 is 0 Å². The smallest absolute Gasteiger partial charge is 0.119 e. The van der Waals surface area contributed by atoms with Gasteiger partial charge in [-0.15, -0.1) is 0 Å². The number of hydrogen-bond acceptors (Lipinski definition) is 3. The fourth-order valence-electron chi connectivity index (χ4n) is 2.17. The molecule has 2 aromatic rings. The van der Waals surface area contributed by atoms with Crippen LogP contribution in [0.3, 0.4) is 0 Å². The van der Waals surface area contributed by atoms with E-state index in [-0.39, 0.29) is 6.04 Å². The molecule has 0 aliphatic carbocycles. The predicted octanol–water partition coefficient (Wildman–Crippen LogP) is 2.98. The molecule has 0 fully saturated rings. The zero-order chi connectivity index (χ0) is 15.2. The highest BCUT2D eigenvalue weighted by Gasteiger charge is 2.09. The SMILES string of the molecule is Cc1cccc(C(N)c2ccc(OCCN(C)C)cc2)c1. The largest absolute Gasteiger partial charge is 0.492 e. The maximum absolute atomic E-state index is 6.33. The molecule has 0 aliphatic rings. The molecule has 0 aliphatic heterocycles. The Hall–Kier alpha value is -1.84. The maximum Gasteiger partial charge on any atom is 0.119 e. The van der Waals surface area contributed by atoms with Gasteiger partial charge in [-0.05, 0) is 44.3 Å². The van der Waals surface area contributed by atoms with Crippen molar-refractivity contribution >= 4 is 0 Å². The van der Waals surface area contributed by atoms with Crippen LogP contribution in [0.2, 0.25) is 0 Å². The number of benzene rings is 2. The molecule has 3 heteroatoms. The van der Waals surface area contributed by atoms with Crippen molar-refractivity contribution in [1.29, 1.82) is 0 Å². The Balaban J connectivity index is 2.01. The topological polar surface area (TPSA) is 38.5 Å². The van der Waals surface area contributed by atoms with Gasteiger partial charge in [0, 0.05) is 6.54 Å². The second-order valence-corrected chi connectivity index (χ2v) is 5.61. The summed E-state index contributed by atoms with van der Waals surface area (Å²) in [6, 6.07) is 16.3. The van der Waals surface area contributed by atoms with E-state index >= 15 is 0 Å². The van der Waals surface area contributed by atoms with E-state index in [1.807, 2.05) is 44.4 Å². The van der Waals surface area contributed by atoms with E-state index in [9.17, 15) is 0 Å². The molecule has 1 atom stereocenters. The van der Waals surface area contributed by atoms with E-state index in [0.717, 1.165) is 23.4 Å². The summed E-state index contributed by atoms with van der Waals surface area (Å²) in [6.45, 7) is 3.68. The molecule has 2 rings (SSSR count). The summed E-state index contributed by atoms with van der Waals surface area (Å²) in [6.07, 6.45) is 0. The van der Waals surface area contributed by atoms with Crippen LogP contribution in [0.4, 0.5) is 0 Å². The summed E-state index contributed by atoms with van der Waals surface area (Å²) in [5, 5.41) is 0. The van der Waals surface area contributed by atoms with Gasteiger partial charge in [-0.25, -0.2) is 0 Å². The molecule has 112 valence electrons. The minimum absolute atomic E-state index is 0.0966. The zero-order valence-corrected chi connectivity index (χ0v) is 13.0. The molecule has 0 bridgehead atoms. The lowest BCUT2D eigenvalue weighted by atomic mass is 9.98. The van der Waals surface area contributed by atoms with E-state index < -0.39 is 0 Å². The molecular formula is C18H24N2O. The minimum atomic E-state index is -0.0966. The number of aryl methyl sites for hydroxylation is 1. The highest BCUT2D eigenvalue weighted by Crippen LogP contribution is 2.22. The third-order valence-corrected chi connectivity index (χ3v) is 3.45. The van der Waals surface area contributed by atoms with E-state index in [0.29, 0.717) is 6.61 Å². The number of nitrogens with zero attached hydrogens (tertiary/aromatic N) is 1. The molecule has 0 radical (unpaired) electrons. The Labute approximate surface area is 127 Å². The molecule has 0 heterocycles. The highest BCUT2D eigenvalue weighted by atomic mass is 16.5. The van der Waals surface area contributed by atoms with Gasteiger partial charge in [0.05, 0.1) is 6.04 Å². The van der Waals surface area contributed by atoms with Crippen molar-refractivity contribution in [2.75, 3.05) is 27.2 Å². The molecule has 0 saturated heterocycles. The van der Waals surface area contributed by atoms with Crippen LogP contribution in [0.25, 0.3) is 0 Å². The quantitative estimate of drug-likeness (QED) is 0.886. The lowest BCUT2D eigenvalue weighted by molar-refractivity contribution is 0.261. The summed E-state index contributed by atoms with van der Waals surface area (Å²) >= 11 is 0. The van der Waals surface area contributed by atoms with Crippen LogP contribution in [0.15, 0.2) is 48.5 Å². The second-order valence-electron chi connectivity index (χ2n) is 5.61. The van der Waals surface area contributed by atoms with Crippen LogP contribution in [0.1, 0.15) is 22.7 Å². The first-order valence-electron chi connectivity index (χ1n) is 7.26. The van der Waals surface area contributed by atoms with Gasteiger partial charge in [-0.1, -0.05) is 42.0 Å². The molecule has 1 unspecified atom stereocenters. The van der Waals surface area contributed by atoms with Crippen LogP contribution < -0.4 is 10.5 Å². The van der Waals surface area contributed by atoms with Crippen molar-refractivity contribution in [1.82, 2.24) is 4.90 Å². The van der Waals surface area contributed by atoms with Crippen molar-refractivity contribution in [3.8, 4) is 5.75 Å². The molecule has 0 aromatic heterocycles. The van der Waals surface area contributed by atoms with Crippen LogP contribution in [0.5, 0.6) is 5.75 Å². The first-order chi connectivity index (χ1) is 10.1. The Morgan fingerprint density at radius 3 is 2.38 bits per heavy atom. The van der Waals surface area contributed by atoms with Crippen LogP contribution in [-0.2, 0) is 0 Å². The fourth-order valence-corrected chi connectivity index (χ4v) is 2.17. The predicted molar refractivity (Wildman–Crippen MR) is 87.7 cm³/mol. The van der Waals surface area contributed by atoms with Gasteiger partial charge in [0.2, 0.25) is 0 Å². The molecule has 21 heavy (non-hydrogen) atoms. The Morgan fingerprint density at radius 1 is 1.05 bits per heavy atom. The van der Waals surface area contributed by atoms with E-state index in [1.165, 1.54) is 5.56 Å². The molecule has 0 amide bonds. The average molecular weight is 284 g/mol. The van der Waals surface area contributed by atoms with Gasteiger partial charge in [0.25, 0.3) is 0 Å². The lowest BCUT2D eigenvalue weighted by Crippen LogP contribution is -2.19. The third kappa shape index (κ3) is 4.59. The molecular weight excluding hydrogens is 260 g/mol. The summed E-state index contributed by atoms with van der Waals surface area (Å²) in [5.41, 5.74) is 9.79. The Morgan fingerprint density at radius 2 is 1.76 bits per heavy atom. The normalized spacial score (nSPS) is 12.4. The first-order valence-corrected chi connectivity index (χ1v) is 7.26. The van der Waals surface area contributed by atoms with Gasteiger partial charge < -0.3 is 15.4 Å². The van der Waals surface area contributed by atoms with E-state index in [2.05, 4.69) is 30.0 Å². The van der Waals surface area contributed by atoms with Crippen molar-refractivity contribution in [2.24, 2.45) is 5.73 Å². The maximum atomic E-state index is 6.33. The Bertz CT molecular complexity index is 564. The van der Waals surface area contributed by atoms with E-state index in [4.69, 9.17) is 10.5 Å². The van der Waals surface area contributed by atoms with Gasteiger partial charge in [0.15, 0.2) is 0 Å². The van der Waals surface area contributed by atoms with Crippen molar-refractivity contribution in [2.45, 2.75) is 13.0 Å². The van der Waals surface area contributed by atoms with Crippen LogP contribution in [0, 0.1) is 6.92 Å². The number of likely N-dealkylation sites (N-methyl/N-ethyl adjacent to an activating group) is 1. The van der Waals surface area contributed by atoms with Crippen molar-refractivity contribution in [3.63, 3.8) is 0 Å². The van der Waals surface area contributed by atoms with E-state index in [1.54, 1.807) is 0 Å². The standard InChI is InChI=1S/C18H24N2O/c1-14-5-4-6-16(13-14)18(19)15-7-9-17(10-8-15)21-12-11-20(2)3/h4-10,13,18H,11-12,19H2,1-3H3. The zero-order valence-electron chi connectivity index (χ0n) is 13.0. The summed E-state index contributed by atoms with van der Waals surface area (Å²) in [7, 11) is 4.07. The minimum Gasteiger partial charge on any atom is -0.492 e. The summed E-state index contributed by atoms with van der Waals surface area (Å²) < 4.78 is 5.69. The van der Waals surface area contributed by atoms with Crippen molar-refractivity contribution < 1.29 is 4.74 Å². The van der Waals surface area contributed by atoms with Crippen LogP contribution in [-0.4, -0.2) is 32.1 Å². The first kappa shape index (κ1) is 15.5. The van der Waals surface area contributed by atoms with Gasteiger partial charge in [0.1, 0.15) is 12.4 Å². The molecule has 0 spiro atoms. The van der Waals surface area contributed by atoms with Gasteiger partial charge >= 0.3 is 0 Å². The number of rotatable bonds is 6. The molecule has 2 aromatic carbocycles. The van der Waals surface area contributed by atoms with Gasteiger partial charge in [-0.2, -0.15) is 0 Å². The number of hydrogen-bond donors (Lipinski definition) is 1. The second kappa shape index (κ2) is 7.25. The summed E-state index contributed by atoms with van der Waals surface area (Å²) in [5.74, 6) is 0.886. The highest BCUT2D eigenvalue weighted by molar-refractivity contribution is 5.36. The third-order valence-electron chi connectivity index (χ3n) is 3.45. The van der Waals surface area contributed by atoms with Gasteiger partial charge in [-0.3, -0.25) is 0 Å².